The standard InChI is InChI=1S/C15H19NO7S/c1-8(14(19)16-7-12(17)18)24-15(20)9-5-10(21-2)13(23-4)11(6-9)22-3/h5-6,8H,7H2,1-4H3,(H,16,19)(H,17,18). The number of amides is 1. The molecule has 0 radical (unpaired) electrons. The minimum atomic E-state index is -1.16. The van der Waals surface area contributed by atoms with E-state index in [9.17, 15) is 14.4 Å². The van der Waals surface area contributed by atoms with Gasteiger partial charge >= 0.3 is 5.97 Å². The summed E-state index contributed by atoms with van der Waals surface area (Å²) >= 11 is 0.768. The molecular weight excluding hydrogens is 338 g/mol. The van der Waals surface area contributed by atoms with Crippen molar-refractivity contribution >= 4 is 28.8 Å². The molecule has 0 aromatic heterocycles. The first-order valence-electron chi connectivity index (χ1n) is 6.84. The van der Waals surface area contributed by atoms with Crippen LogP contribution in [-0.4, -0.2) is 55.2 Å². The summed E-state index contributed by atoms with van der Waals surface area (Å²) in [4.78, 5) is 34.5. The van der Waals surface area contributed by atoms with Gasteiger partial charge in [-0.15, -0.1) is 0 Å². The topological polar surface area (TPSA) is 111 Å². The molecule has 1 amide bonds. The maximum Gasteiger partial charge on any atom is 0.322 e. The Morgan fingerprint density at radius 1 is 1.12 bits per heavy atom. The lowest BCUT2D eigenvalue weighted by atomic mass is 10.2. The minimum absolute atomic E-state index is 0.271. The van der Waals surface area contributed by atoms with Crippen LogP contribution < -0.4 is 19.5 Å². The number of benzene rings is 1. The molecule has 132 valence electrons. The van der Waals surface area contributed by atoms with Gasteiger partial charge < -0.3 is 24.6 Å². The molecule has 0 aliphatic rings. The number of hydrogen-bond donors (Lipinski definition) is 2. The van der Waals surface area contributed by atoms with E-state index < -0.39 is 23.7 Å². The quantitative estimate of drug-likeness (QED) is 0.713. The Morgan fingerprint density at radius 3 is 2.08 bits per heavy atom. The highest BCUT2D eigenvalue weighted by molar-refractivity contribution is 8.15. The fourth-order valence-corrected chi connectivity index (χ4v) is 2.55. The zero-order chi connectivity index (χ0) is 18.3. The molecule has 0 heterocycles. The van der Waals surface area contributed by atoms with E-state index in [0.717, 1.165) is 11.8 Å². The molecule has 0 aliphatic heterocycles. The normalized spacial score (nSPS) is 11.3. The van der Waals surface area contributed by atoms with Crippen molar-refractivity contribution in [2.75, 3.05) is 27.9 Å². The van der Waals surface area contributed by atoms with Gasteiger partial charge in [0.25, 0.3) is 0 Å². The minimum Gasteiger partial charge on any atom is -0.493 e. The molecular formula is C15H19NO7S. The molecule has 1 aromatic carbocycles. The third-order valence-corrected chi connectivity index (χ3v) is 3.98. The van der Waals surface area contributed by atoms with Gasteiger partial charge in [0.05, 0.1) is 26.6 Å². The second-order valence-electron chi connectivity index (χ2n) is 4.57. The summed E-state index contributed by atoms with van der Waals surface area (Å²) in [6.45, 7) is 1.01. The summed E-state index contributed by atoms with van der Waals surface area (Å²) in [5, 5.41) is 9.63. The monoisotopic (exact) mass is 357 g/mol. The number of methoxy groups -OCH3 is 3. The number of nitrogens with one attached hydrogen (secondary N) is 1. The highest BCUT2D eigenvalue weighted by atomic mass is 32.2. The number of carboxylic acids is 1. The summed E-state index contributed by atoms with van der Waals surface area (Å²) < 4.78 is 15.5. The van der Waals surface area contributed by atoms with Gasteiger partial charge in [0.15, 0.2) is 11.5 Å². The van der Waals surface area contributed by atoms with Crippen molar-refractivity contribution in [1.29, 1.82) is 0 Å². The number of thioether (sulfide) groups is 1. The lowest BCUT2D eigenvalue weighted by molar-refractivity contribution is -0.137. The summed E-state index contributed by atoms with van der Waals surface area (Å²) in [6.07, 6.45) is 0. The Bertz CT molecular complexity index is 607. The molecule has 24 heavy (non-hydrogen) atoms. The van der Waals surface area contributed by atoms with Crippen LogP contribution in [0.1, 0.15) is 17.3 Å². The highest BCUT2D eigenvalue weighted by Crippen LogP contribution is 2.39. The summed E-state index contributed by atoms with van der Waals surface area (Å²) in [5.74, 6) is -0.693. The Morgan fingerprint density at radius 2 is 1.67 bits per heavy atom. The fourth-order valence-electron chi connectivity index (χ4n) is 1.79. The number of carbonyl (C=O) groups excluding carboxylic acids is 2. The van der Waals surface area contributed by atoms with Crippen LogP contribution in [-0.2, 0) is 9.59 Å². The van der Waals surface area contributed by atoms with Crippen LogP contribution in [0, 0.1) is 0 Å². The van der Waals surface area contributed by atoms with E-state index in [-0.39, 0.29) is 10.7 Å². The molecule has 1 atom stereocenters. The van der Waals surface area contributed by atoms with Crippen LogP contribution in [0.3, 0.4) is 0 Å². The van der Waals surface area contributed by atoms with E-state index in [1.165, 1.54) is 40.4 Å². The van der Waals surface area contributed by atoms with E-state index in [0.29, 0.717) is 17.2 Å². The van der Waals surface area contributed by atoms with E-state index in [4.69, 9.17) is 19.3 Å². The first-order chi connectivity index (χ1) is 11.3. The van der Waals surface area contributed by atoms with Crippen molar-refractivity contribution in [2.45, 2.75) is 12.2 Å². The number of ether oxygens (including phenoxy) is 3. The molecule has 2 N–H and O–H groups in total. The second-order valence-corrected chi connectivity index (χ2v) is 5.89. The first-order valence-corrected chi connectivity index (χ1v) is 7.72. The van der Waals surface area contributed by atoms with E-state index in [2.05, 4.69) is 5.32 Å². The van der Waals surface area contributed by atoms with Crippen molar-refractivity contribution < 1.29 is 33.7 Å². The summed E-state index contributed by atoms with van der Waals surface area (Å²) in [6, 6.07) is 2.97. The number of rotatable bonds is 8. The zero-order valence-corrected chi connectivity index (χ0v) is 14.6. The lowest BCUT2D eigenvalue weighted by Crippen LogP contribution is -2.35. The summed E-state index contributed by atoms with van der Waals surface area (Å²) in [5.41, 5.74) is 0.271. The van der Waals surface area contributed by atoms with Gasteiger partial charge in [-0.25, -0.2) is 0 Å². The third kappa shape index (κ3) is 5.05. The molecule has 0 aliphatic carbocycles. The van der Waals surface area contributed by atoms with Crippen LogP contribution in [0.15, 0.2) is 12.1 Å². The van der Waals surface area contributed by atoms with Gasteiger partial charge in [0.1, 0.15) is 6.54 Å². The van der Waals surface area contributed by atoms with Crippen molar-refractivity contribution in [3.8, 4) is 17.2 Å². The van der Waals surface area contributed by atoms with Gasteiger partial charge in [-0.2, -0.15) is 0 Å². The predicted molar refractivity (Wildman–Crippen MR) is 88.1 cm³/mol. The van der Waals surface area contributed by atoms with Crippen LogP contribution in [0.5, 0.6) is 17.2 Å². The smallest absolute Gasteiger partial charge is 0.322 e. The second kappa shape index (κ2) is 9.02. The van der Waals surface area contributed by atoms with E-state index >= 15 is 0 Å². The molecule has 0 spiro atoms. The maximum atomic E-state index is 12.3. The Balaban J connectivity index is 2.91. The third-order valence-electron chi connectivity index (χ3n) is 2.97. The molecule has 1 aromatic rings. The largest absolute Gasteiger partial charge is 0.493 e. The zero-order valence-electron chi connectivity index (χ0n) is 13.7. The van der Waals surface area contributed by atoms with Crippen molar-refractivity contribution in [3.63, 3.8) is 0 Å². The average molecular weight is 357 g/mol. The van der Waals surface area contributed by atoms with Gasteiger partial charge in [-0.1, -0.05) is 11.8 Å². The van der Waals surface area contributed by atoms with Crippen LogP contribution in [0.2, 0.25) is 0 Å². The molecule has 8 nitrogen and oxygen atoms in total. The van der Waals surface area contributed by atoms with Gasteiger partial charge in [-0.3, -0.25) is 14.4 Å². The van der Waals surface area contributed by atoms with Crippen LogP contribution in [0.4, 0.5) is 0 Å². The predicted octanol–water partition coefficient (Wildman–Crippen LogP) is 1.18. The van der Waals surface area contributed by atoms with Crippen molar-refractivity contribution in [1.82, 2.24) is 5.32 Å². The van der Waals surface area contributed by atoms with Crippen LogP contribution >= 0.6 is 11.8 Å². The van der Waals surface area contributed by atoms with Gasteiger partial charge in [0.2, 0.25) is 16.8 Å². The molecule has 0 bridgehead atoms. The summed E-state index contributed by atoms with van der Waals surface area (Å²) in [7, 11) is 4.31. The molecule has 0 saturated carbocycles. The van der Waals surface area contributed by atoms with Gasteiger partial charge in [0, 0.05) is 5.56 Å². The Kier molecular flexibility index (Phi) is 7.37. The van der Waals surface area contributed by atoms with Crippen molar-refractivity contribution in [2.24, 2.45) is 0 Å². The molecule has 1 unspecified atom stereocenters. The van der Waals surface area contributed by atoms with E-state index in [1.54, 1.807) is 0 Å². The molecule has 9 heteroatoms. The SMILES string of the molecule is COc1cc(C(=O)SC(C)C(=O)NCC(=O)O)cc(OC)c1OC. The molecule has 0 saturated heterocycles. The lowest BCUT2D eigenvalue weighted by Gasteiger charge is -2.14. The number of hydrogen-bond acceptors (Lipinski definition) is 7. The fraction of sp³-hybridized carbons (Fsp3) is 0.400. The Labute approximate surface area is 143 Å². The molecule has 0 fully saturated rings. The number of aliphatic carboxylic acids is 1. The van der Waals surface area contributed by atoms with E-state index in [1.807, 2.05) is 0 Å². The first kappa shape index (κ1) is 19.6. The number of carbonyl (C=O) groups is 3. The van der Waals surface area contributed by atoms with Crippen molar-refractivity contribution in [3.05, 3.63) is 17.7 Å². The average Bonchev–Trinajstić information content (AvgIpc) is 2.57. The maximum absolute atomic E-state index is 12.3. The Hall–Kier alpha value is -2.42. The van der Waals surface area contributed by atoms with Crippen LogP contribution in [0.25, 0.3) is 0 Å². The highest BCUT2D eigenvalue weighted by Gasteiger charge is 2.22. The molecule has 1 rings (SSSR count). The number of carboxylic acid groups (broad SMARTS) is 1. The van der Waals surface area contributed by atoms with Gasteiger partial charge in [-0.05, 0) is 19.1 Å².